The van der Waals surface area contributed by atoms with Gasteiger partial charge < -0.3 is 10.5 Å². The molecule has 0 aliphatic carbocycles. The van der Waals surface area contributed by atoms with Gasteiger partial charge in [0.15, 0.2) is 11.6 Å². The molecule has 4 nitrogen and oxygen atoms in total. The molecule has 17 heavy (non-hydrogen) atoms. The lowest BCUT2D eigenvalue weighted by Gasteiger charge is -2.05. The molecule has 0 aliphatic rings. The van der Waals surface area contributed by atoms with Crippen molar-refractivity contribution in [1.82, 2.24) is 10.2 Å². The van der Waals surface area contributed by atoms with Gasteiger partial charge in [0.2, 0.25) is 0 Å². The number of rotatable bonds is 4. The highest BCUT2D eigenvalue weighted by Gasteiger charge is 2.08. The summed E-state index contributed by atoms with van der Waals surface area (Å²) >= 11 is 0. The number of halogens is 1. The largest absolute Gasteiger partial charge is 0.491 e. The number of ether oxygens (including phenoxy) is 1. The standard InChI is InChI=1S/C12H14FN3O/c1-2-17-12-4-3-8(5-10(12)13)11-6-9(7-14)15-16-11/h3-6H,2,7,14H2,1H3,(H,15,16). The second kappa shape index (κ2) is 4.97. The summed E-state index contributed by atoms with van der Waals surface area (Å²) in [6.45, 7) is 2.64. The third-order valence-electron chi connectivity index (χ3n) is 2.38. The summed E-state index contributed by atoms with van der Waals surface area (Å²) in [5.41, 5.74) is 7.65. The Kier molecular flexibility index (Phi) is 3.39. The number of H-pyrrole nitrogens is 1. The zero-order valence-corrected chi connectivity index (χ0v) is 9.53. The van der Waals surface area contributed by atoms with E-state index in [1.54, 1.807) is 18.2 Å². The predicted molar refractivity (Wildman–Crippen MR) is 63.0 cm³/mol. The van der Waals surface area contributed by atoms with E-state index in [4.69, 9.17) is 10.5 Å². The summed E-state index contributed by atoms with van der Waals surface area (Å²) < 4.78 is 18.8. The molecule has 5 heteroatoms. The number of hydrogen-bond acceptors (Lipinski definition) is 3. The number of hydrogen-bond donors (Lipinski definition) is 2. The molecule has 0 atom stereocenters. The van der Waals surface area contributed by atoms with Crippen LogP contribution in [-0.2, 0) is 6.54 Å². The van der Waals surface area contributed by atoms with Gasteiger partial charge in [-0.2, -0.15) is 5.10 Å². The predicted octanol–water partition coefficient (Wildman–Crippen LogP) is 2.07. The van der Waals surface area contributed by atoms with Crippen molar-refractivity contribution in [1.29, 1.82) is 0 Å². The summed E-state index contributed by atoms with van der Waals surface area (Å²) in [6.07, 6.45) is 0. The lowest BCUT2D eigenvalue weighted by Crippen LogP contribution is -1.95. The van der Waals surface area contributed by atoms with Crippen LogP contribution in [0.3, 0.4) is 0 Å². The Morgan fingerprint density at radius 2 is 2.24 bits per heavy atom. The molecular formula is C12H14FN3O. The second-order valence-electron chi connectivity index (χ2n) is 3.56. The van der Waals surface area contributed by atoms with Crippen molar-refractivity contribution in [3.63, 3.8) is 0 Å². The minimum absolute atomic E-state index is 0.255. The summed E-state index contributed by atoms with van der Waals surface area (Å²) in [5.74, 6) is -0.132. The maximum atomic E-state index is 13.6. The highest BCUT2D eigenvalue weighted by Crippen LogP contribution is 2.24. The van der Waals surface area contributed by atoms with Crippen LogP contribution >= 0.6 is 0 Å². The fourth-order valence-corrected chi connectivity index (χ4v) is 1.55. The van der Waals surface area contributed by atoms with Crippen molar-refractivity contribution in [3.8, 4) is 17.0 Å². The van der Waals surface area contributed by atoms with Crippen molar-refractivity contribution in [2.75, 3.05) is 6.61 Å². The molecule has 0 saturated heterocycles. The van der Waals surface area contributed by atoms with Crippen LogP contribution in [0.4, 0.5) is 4.39 Å². The summed E-state index contributed by atoms with van der Waals surface area (Å²) in [7, 11) is 0. The first-order valence-electron chi connectivity index (χ1n) is 5.41. The van der Waals surface area contributed by atoms with Crippen molar-refractivity contribution in [2.45, 2.75) is 13.5 Å². The van der Waals surface area contributed by atoms with Crippen LogP contribution in [0.1, 0.15) is 12.6 Å². The number of aromatic amines is 1. The van der Waals surface area contributed by atoms with Gasteiger partial charge in [-0.1, -0.05) is 0 Å². The van der Waals surface area contributed by atoms with Crippen LogP contribution in [0, 0.1) is 5.82 Å². The first kappa shape index (κ1) is 11.6. The average molecular weight is 235 g/mol. The topological polar surface area (TPSA) is 63.9 Å². The normalized spacial score (nSPS) is 10.5. The Balaban J connectivity index is 2.30. The molecule has 90 valence electrons. The summed E-state index contributed by atoms with van der Waals surface area (Å²) in [6, 6.07) is 6.58. The third kappa shape index (κ3) is 2.45. The molecule has 0 spiro atoms. The van der Waals surface area contributed by atoms with Gasteiger partial charge in [-0.05, 0) is 31.2 Å². The minimum atomic E-state index is -0.387. The zero-order chi connectivity index (χ0) is 12.3. The van der Waals surface area contributed by atoms with E-state index in [2.05, 4.69) is 10.2 Å². The first-order chi connectivity index (χ1) is 8.24. The van der Waals surface area contributed by atoms with Crippen LogP contribution in [0.15, 0.2) is 24.3 Å². The van der Waals surface area contributed by atoms with Crippen molar-refractivity contribution >= 4 is 0 Å². The number of nitrogens with two attached hydrogens (primary N) is 1. The Hall–Kier alpha value is -1.88. The Morgan fingerprint density at radius 3 is 2.82 bits per heavy atom. The van der Waals surface area contributed by atoms with Gasteiger partial charge in [0.05, 0.1) is 12.3 Å². The van der Waals surface area contributed by atoms with Crippen LogP contribution in [0.2, 0.25) is 0 Å². The number of benzene rings is 1. The van der Waals surface area contributed by atoms with Crippen LogP contribution in [0.5, 0.6) is 5.75 Å². The third-order valence-corrected chi connectivity index (χ3v) is 2.38. The number of nitrogens with zero attached hydrogens (tertiary/aromatic N) is 1. The Morgan fingerprint density at radius 1 is 1.41 bits per heavy atom. The molecule has 0 aliphatic heterocycles. The molecule has 1 aromatic carbocycles. The summed E-state index contributed by atoms with van der Waals surface area (Å²) in [4.78, 5) is 0. The Bertz CT molecular complexity index is 510. The quantitative estimate of drug-likeness (QED) is 0.852. The van der Waals surface area contributed by atoms with E-state index in [0.717, 1.165) is 5.69 Å². The Labute approximate surface area is 98.6 Å². The molecular weight excluding hydrogens is 221 g/mol. The fourth-order valence-electron chi connectivity index (χ4n) is 1.55. The highest BCUT2D eigenvalue weighted by molar-refractivity contribution is 5.60. The minimum Gasteiger partial charge on any atom is -0.491 e. The maximum absolute atomic E-state index is 13.6. The SMILES string of the molecule is CCOc1ccc(-c2cc(CN)[nH]n2)cc1F. The van der Waals surface area contributed by atoms with E-state index >= 15 is 0 Å². The smallest absolute Gasteiger partial charge is 0.165 e. The monoisotopic (exact) mass is 235 g/mol. The van der Waals surface area contributed by atoms with Gasteiger partial charge >= 0.3 is 0 Å². The van der Waals surface area contributed by atoms with Crippen LogP contribution < -0.4 is 10.5 Å². The fraction of sp³-hybridized carbons (Fsp3) is 0.250. The van der Waals surface area contributed by atoms with Gasteiger partial charge in [0.25, 0.3) is 0 Å². The zero-order valence-electron chi connectivity index (χ0n) is 9.53. The lowest BCUT2D eigenvalue weighted by atomic mass is 10.1. The molecule has 1 aromatic heterocycles. The van der Waals surface area contributed by atoms with E-state index in [0.29, 0.717) is 24.4 Å². The molecule has 2 aromatic rings. The molecule has 0 radical (unpaired) electrons. The summed E-state index contributed by atoms with van der Waals surface area (Å²) in [5, 5.41) is 6.85. The van der Waals surface area contributed by atoms with Gasteiger partial charge in [-0.3, -0.25) is 5.10 Å². The molecule has 0 bridgehead atoms. The van der Waals surface area contributed by atoms with E-state index < -0.39 is 0 Å². The second-order valence-corrected chi connectivity index (χ2v) is 3.56. The number of aromatic nitrogens is 2. The van der Waals surface area contributed by atoms with Gasteiger partial charge in [-0.15, -0.1) is 0 Å². The van der Waals surface area contributed by atoms with E-state index in [-0.39, 0.29) is 11.6 Å². The first-order valence-corrected chi connectivity index (χ1v) is 5.41. The molecule has 0 unspecified atom stereocenters. The van der Waals surface area contributed by atoms with Crippen molar-refractivity contribution < 1.29 is 9.13 Å². The molecule has 2 rings (SSSR count). The van der Waals surface area contributed by atoms with E-state index in [1.807, 2.05) is 6.92 Å². The van der Waals surface area contributed by atoms with Gasteiger partial charge in [0.1, 0.15) is 0 Å². The van der Waals surface area contributed by atoms with E-state index in [1.165, 1.54) is 6.07 Å². The molecule has 3 N–H and O–H groups in total. The van der Waals surface area contributed by atoms with Crippen LogP contribution in [0.25, 0.3) is 11.3 Å². The molecule has 0 amide bonds. The van der Waals surface area contributed by atoms with E-state index in [9.17, 15) is 4.39 Å². The maximum Gasteiger partial charge on any atom is 0.165 e. The van der Waals surface area contributed by atoms with Crippen molar-refractivity contribution in [3.05, 3.63) is 35.8 Å². The van der Waals surface area contributed by atoms with Crippen LogP contribution in [-0.4, -0.2) is 16.8 Å². The molecule has 0 fully saturated rings. The highest BCUT2D eigenvalue weighted by atomic mass is 19.1. The average Bonchev–Trinajstić information content (AvgIpc) is 2.80. The number of nitrogens with one attached hydrogen (secondary N) is 1. The van der Waals surface area contributed by atoms with Gasteiger partial charge in [-0.25, -0.2) is 4.39 Å². The molecule has 1 heterocycles. The van der Waals surface area contributed by atoms with Crippen molar-refractivity contribution in [2.24, 2.45) is 5.73 Å². The van der Waals surface area contributed by atoms with Gasteiger partial charge in [0, 0.05) is 17.8 Å². The lowest BCUT2D eigenvalue weighted by molar-refractivity contribution is 0.321. The molecule has 0 saturated carbocycles.